The minimum absolute atomic E-state index is 0.0305. The number of likely N-dealkylation sites (N-methyl/N-ethyl adjacent to an activating group) is 1. The van der Waals surface area contributed by atoms with Crippen LogP contribution in [0.3, 0.4) is 0 Å². The molecular formula is C40H53N3O7. The fourth-order valence-electron chi connectivity index (χ4n) is 6.74. The van der Waals surface area contributed by atoms with Crippen LogP contribution in [0.15, 0.2) is 78.9 Å². The number of benzene rings is 3. The summed E-state index contributed by atoms with van der Waals surface area (Å²) in [5, 5.41) is 22.9. The van der Waals surface area contributed by atoms with Crippen LogP contribution < -0.4 is 4.74 Å². The first-order valence-corrected chi connectivity index (χ1v) is 17.7. The van der Waals surface area contributed by atoms with E-state index in [1.807, 2.05) is 78.9 Å². The molecule has 4 atom stereocenters. The molecule has 2 aliphatic rings. The summed E-state index contributed by atoms with van der Waals surface area (Å²) in [5.41, 5.74) is 3.12. The van der Waals surface area contributed by atoms with Crippen molar-refractivity contribution in [3.8, 4) is 5.75 Å². The summed E-state index contributed by atoms with van der Waals surface area (Å²) in [6, 6.07) is 24.1. The summed E-state index contributed by atoms with van der Waals surface area (Å²) in [7, 11) is 1.63. The predicted octanol–water partition coefficient (Wildman–Crippen LogP) is 5.00. The third kappa shape index (κ3) is 10.3. The van der Waals surface area contributed by atoms with Crippen molar-refractivity contribution >= 4 is 12.0 Å². The molecule has 0 bridgehead atoms. The number of hydrogen-bond donors (Lipinski definition) is 2. The lowest BCUT2D eigenvalue weighted by atomic mass is 9.96. The van der Waals surface area contributed by atoms with Crippen LogP contribution in [0.4, 0.5) is 4.79 Å². The summed E-state index contributed by atoms with van der Waals surface area (Å²) in [6.45, 7) is 10.4. The van der Waals surface area contributed by atoms with Crippen LogP contribution in [0.1, 0.15) is 61.9 Å². The van der Waals surface area contributed by atoms with E-state index in [-0.39, 0.29) is 25.3 Å². The van der Waals surface area contributed by atoms with E-state index >= 15 is 0 Å². The first-order valence-electron chi connectivity index (χ1n) is 17.7. The summed E-state index contributed by atoms with van der Waals surface area (Å²) < 4.78 is 17.1. The number of ether oxygens (including phenoxy) is 3. The molecule has 1 saturated heterocycles. The predicted molar refractivity (Wildman–Crippen MR) is 192 cm³/mol. The maximum atomic E-state index is 14.2. The number of aliphatic hydroxyl groups is 2. The number of carbonyl (C=O) groups excluding carboxylic acids is 2. The van der Waals surface area contributed by atoms with E-state index in [0.29, 0.717) is 19.4 Å². The minimum atomic E-state index is -1.01. The van der Waals surface area contributed by atoms with Crippen LogP contribution in [0.25, 0.3) is 0 Å². The van der Waals surface area contributed by atoms with E-state index in [1.54, 1.807) is 32.7 Å². The Balaban J connectivity index is 1.29. The number of rotatable bonds is 14. The lowest BCUT2D eigenvalue weighted by molar-refractivity contribution is -0.137. The lowest BCUT2D eigenvalue weighted by Crippen LogP contribution is -2.48. The molecule has 2 N–H and O–H groups in total. The zero-order valence-electron chi connectivity index (χ0n) is 29.9. The highest BCUT2D eigenvalue weighted by atomic mass is 16.6. The van der Waals surface area contributed by atoms with Crippen LogP contribution in [0, 0.1) is 0 Å². The molecule has 0 spiro atoms. The highest BCUT2D eigenvalue weighted by Crippen LogP contribution is 2.37. The summed E-state index contributed by atoms with van der Waals surface area (Å²) in [6.07, 6.45) is -1.29. The summed E-state index contributed by atoms with van der Waals surface area (Å²) >= 11 is 0. The molecule has 1 aliphatic heterocycles. The number of morpholine rings is 1. The van der Waals surface area contributed by atoms with Gasteiger partial charge >= 0.3 is 6.09 Å². The molecule has 3 aromatic carbocycles. The van der Waals surface area contributed by atoms with E-state index in [0.717, 1.165) is 60.9 Å². The van der Waals surface area contributed by atoms with Gasteiger partial charge in [0.05, 0.1) is 37.5 Å². The monoisotopic (exact) mass is 687 g/mol. The first-order chi connectivity index (χ1) is 24.0. The van der Waals surface area contributed by atoms with Crippen molar-refractivity contribution in [1.82, 2.24) is 14.7 Å². The number of carbonyl (C=O) groups is 2. The van der Waals surface area contributed by atoms with Crippen LogP contribution in [0.2, 0.25) is 0 Å². The maximum Gasteiger partial charge on any atom is 0.410 e. The average Bonchev–Trinajstić information content (AvgIpc) is 3.44. The Hall–Kier alpha value is -3.96. The zero-order chi connectivity index (χ0) is 35.7. The van der Waals surface area contributed by atoms with E-state index < -0.39 is 36.0 Å². The average molecular weight is 688 g/mol. The van der Waals surface area contributed by atoms with Gasteiger partial charge in [-0.3, -0.25) is 9.69 Å². The fraction of sp³-hybridized carbons (Fsp3) is 0.500. The van der Waals surface area contributed by atoms with Crippen molar-refractivity contribution in [2.75, 3.05) is 46.5 Å². The van der Waals surface area contributed by atoms with Crippen molar-refractivity contribution in [1.29, 1.82) is 0 Å². The molecule has 1 fully saturated rings. The Morgan fingerprint density at radius 3 is 2.34 bits per heavy atom. The number of fused-ring (bicyclic) bond motifs is 1. The van der Waals surface area contributed by atoms with Crippen LogP contribution in [0.5, 0.6) is 5.75 Å². The van der Waals surface area contributed by atoms with E-state index in [2.05, 4.69) is 4.90 Å². The number of aliphatic hydroxyl groups excluding tert-OH is 2. The molecule has 1 aliphatic carbocycles. The quantitative estimate of drug-likeness (QED) is 0.244. The number of hydrogen-bond acceptors (Lipinski definition) is 8. The van der Waals surface area contributed by atoms with Gasteiger partial charge in [0.2, 0.25) is 5.91 Å². The van der Waals surface area contributed by atoms with Gasteiger partial charge in [-0.2, -0.15) is 0 Å². The van der Waals surface area contributed by atoms with Crippen LogP contribution in [-0.2, 0) is 33.7 Å². The van der Waals surface area contributed by atoms with Crippen LogP contribution >= 0.6 is 0 Å². The van der Waals surface area contributed by atoms with Crippen molar-refractivity contribution in [3.63, 3.8) is 0 Å². The van der Waals surface area contributed by atoms with Gasteiger partial charge in [0.1, 0.15) is 18.0 Å². The second-order valence-corrected chi connectivity index (χ2v) is 14.3. The van der Waals surface area contributed by atoms with Crippen molar-refractivity contribution in [3.05, 3.63) is 101 Å². The maximum absolute atomic E-state index is 14.2. The van der Waals surface area contributed by atoms with Crippen molar-refractivity contribution < 1.29 is 34.0 Å². The Morgan fingerprint density at radius 1 is 0.960 bits per heavy atom. The van der Waals surface area contributed by atoms with Gasteiger partial charge in [-0.05, 0) is 68.0 Å². The Labute approximate surface area is 296 Å². The Kier molecular flexibility index (Phi) is 12.9. The third-order valence-corrected chi connectivity index (χ3v) is 9.44. The molecule has 270 valence electrons. The molecular weight excluding hydrogens is 634 g/mol. The molecule has 10 heteroatoms. The molecule has 50 heavy (non-hydrogen) atoms. The third-order valence-electron chi connectivity index (χ3n) is 9.44. The molecule has 0 aromatic heterocycles. The van der Waals surface area contributed by atoms with E-state index in [9.17, 15) is 19.8 Å². The molecule has 3 aromatic rings. The lowest BCUT2D eigenvalue weighted by Gasteiger charge is -2.35. The second kappa shape index (κ2) is 17.3. The van der Waals surface area contributed by atoms with Crippen LogP contribution in [-0.4, -0.2) is 107 Å². The first kappa shape index (κ1) is 37.3. The zero-order valence-corrected chi connectivity index (χ0v) is 29.9. The fourth-order valence-corrected chi connectivity index (χ4v) is 6.74. The molecule has 0 unspecified atom stereocenters. The molecule has 10 nitrogen and oxygen atoms in total. The molecule has 5 rings (SSSR count). The number of nitrogens with zero attached hydrogens (tertiary/aromatic N) is 3. The van der Waals surface area contributed by atoms with Gasteiger partial charge in [0, 0.05) is 46.1 Å². The Bertz CT molecular complexity index is 1520. The highest BCUT2D eigenvalue weighted by molar-refractivity contribution is 5.77. The van der Waals surface area contributed by atoms with E-state index in [4.69, 9.17) is 14.2 Å². The number of amides is 2. The van der Waals surface area contributed by atoms with Gasteiger partial charge in [-0.25, -0.2) is 4.79 Å². The SMILES string of the molecule is CN(C(=O)OC(C)(C)C)[C@@H](Cc1ccccc1)[C@@H](O)CCC(=O)N(Cc1ccc(OCCN2CCOCC2)cc1)[C@H]1c2ccccc2C[C@H]1O. The molecule has 1 heterocycles. The molecule has 0 saturated carbocycles. The van der Waals surface area contributed by atoms with Crippen molar-refractivity contribution in [2.24, 2.45) is 0 Å². The standard InChI is InChI=1S/C40H53N3O7/c1-40(2,3)50-39(47)41(4)34(26-29-10-6-5-7-11-29)35(44)18-19-37(46)43(38-33-13-9-8-12-31(33)27-36(38)45)28-30-14-16-32(17-15-30)49-25-22-42-20-23-48-24-21-42/h5-17,34-36,38,44-45H,18-28H2,1-4H3/t34-,35-,36+,38-/m0/s1. The molecule has 0 radical (unpaired) electrons. The summed E-state index contributed by atoms with van der Waals surface area (Å²) in [4.78, 5) is 32.8. The van der Waals surface area contributed by atoms with Gasteiger partial charge in [-0.15, -0.1) is 0 Å². The van der Waals surface area contributed by atoms with Gasteiger partial charge < -0.3 is 34.2 Å². The largest absolute Gasteiger partial charge is 0.492 e. The normalized spacial score (nSPS) is 18.9. The topological polar surface area (TPSA) is 112 Å². The smallest absolute Gasteiger partial charge is 0.410 e. The van der Waals surface area contributed by atoms with Gasteiger partial charge in [0.15, 0.2) is 0 Å². The van der Waals surface area contributed by atoms with Gasteiger partial charge in [0.25, 0.3) is 0 Å². The minimum Gasteiger partial charge on any atom is -0.492 e. The summed E-state index contributed by atoms with van der Waals surface area (Å²) in [5.74, 6) is 0.571. The highest BCUT2D eigenvalue weighted by Gasteiger charge is 2.38. The van der Waals surface area contributed by atoms with E-state index in [1.165, 1.54) is 4.90 Å². The van der Waals surface area contributed by atoms with Gasteiger partial charge in [-0.1, -0.05) is 66.7 Å². The Morgan fingerprint density at radius 2 is 1.64 bits per heavy atom. The van der Waals surface area contributed by atoms with Crippen molar-refractivity contribution in [2.45, 2.75) is 82.9 Å². The second-order valence-electron chi connectivity index (χ2n) is 14.3. The molecule has 2 amide bonds.